The molecule has 1 heterocycles. The van der Waals surface area contributed by atoms with Crippen LogP contribution in [-0.2, 0) is 19.8 Å². The second-order valence-electron chi connectivity index (χ2n) is 13.6. The summed E-state index contributed by atoms with van der Waals surface area (Å²) in [7, 11) is 2.90. The molecule has 1 saturated carbocycles. The maximum atomic E-state index is 14.9. The molecule has 2 N–H and O–H groups in total. The summed E-state index contributed by atoms with van der Waals surface area (Å²) in [5.74, 6) is -4.54. The third-order valence-electron chi connectivity index (χ3n) is 8.31. The maximum absolute atomic E-state index is 14.9. The van der Waals surface area contributed by atoms with Gasteiger partial charge in [0.25, 0.3) is 11.8 Å². The molecule has 15 heteroatoms. The van der Waals surface area contributed by atoms with Crippen molar-refractivity contribution < 1.29 is 42.2 Å². The largest absolute Gasteiger partial charge is 0.447 e. The summed E-state index contributed by atoms with van der Waals surface area (Å²) in [6, 6.07) is 14.0. The lowest BCUT2D eigenvalue weighted by Gasteiger charge is -2.32. The standard InChI is InChI=1S/C37H38ClF2N5O7/c1-36(2,3)52-34(49)42-33-43-37(23-12-13-23,24-16-25(39)18-26(40)17-24)32(48)45(33)29(20-51-35(50)44(4)5)22-11-14-28(38)27(15-22)31(47)41-19-30(46)21-9-7-6-8-10-21/h6-11,14-18,23,29H,12-13,19-20H2,1-5H3,(H,41,47)(H,42,43,49)/t29?,37-/m1/s1. The summed E-state index contributed by atoms with van der Waals surface area (Å²) >= 11 is 6.46. The molecule has 3 aromatic rings. The van der Waals surface area contributed by atoms with Crippen LogP contribution < -0.4 is 10.6 Å². The van der Waals surface area contributed by atoms with E-state index in [2.05, 4.69) is 15.6 Å². The predicted molar refractivity (Wildman–Crippen MR) is 187 cm³/mol. The van der Waals surface area contributed by atoms with Crippen LogP contribution in [0.15, 0.2) is 71.7 Å². The molecule has 4 amide bonds. The van der Waals surface area contributed by atoms with Gasteiger partial charge in [-0.25, -0.2) is 23.4 Å². The van der Waals surface area contributed by atoms with Crippen molar-refractivity contribution in [2.75, 3.05) is 27.2 Å². The van der Waals surface area contributed by atoms with Crippen molar-refractivity contribution in [3.63, 3.8) is 0 Å². The van der Waals surface area contributed by atoms with E-state index in [-0.39, 0.29) is 40.0 Å². The van der Waals surface area contributed by atoms with Crippen LogP contribution in [0.4, 0.5) is 18.4 Å². The van der Waals surface area contributed by atoms with Gasteiger partial charge in [0, 0.05) is 25.7 Å². The van der Waals surface area contributed by atoms with E-state index >= 15 is 0 Å². The van der Waals surface area contributed by atoms with Gasteiger partial charge in [0.05, 0.1) is 23.2 Å². The number of hydrogen-bond acceptors (Lipinski definition) is 8. The first-order chi connectivity index (χ1) is 24.5. The highest BCUT2D eigenvalue weighted by molar-refractivity contribution is 6.34. The van der Waals surface area contributed by atoms with Crippen LogP contribution >= 0.6 is 11.6 Å². The van der Waals surface area contributed by atoms with Crippen LogP contribution in [-0.4, -0.2) is 78.4 Å². The van der Waals surface area contributed by atoms with E-state index in [1.807, 2.05) is 0 Å². The minimum Gasteiger partial charge on any atom is -0.447 e. The van der Waals surface area contributed by atoms with Crippen LogP contribution in [0.5, 0.6) is 0 Å². The van der Waals surface area contributed by atoms with Gasteiger partial charge in [-0.3, -0.25) is 24.6 Å². The molecule has 1 unspecified atom stereocenters. The Kier molecular flexibility index (Phi) is 11.0. The number of amides is 4. The van der Waals surface area contributed by atoms with Crippen molar-refractivity contribution in [3.05, 3.63) is 106 Å². The molecular formula is C37H38ClF2N5O7. The van der Waals surface area contributed by atoms with Crippen molar-refractivity contribution in [2.45, 2.75) is 50.8 Å². The number of halogens is 3. The number of ketones is 1. The normalized spacial score (nSPS) is 17.6. The van der Waals surface area contributed by atoms with Gasteiger partial charge in [0.1, 0.15) is 23.8 Å². The van der Waals surface area contributed by atoms with E-state index in [4.69, 9.17) is 21.1 Å². The number of ether oxygens (including phenoxy) is 2. The first-order valence-corrected chi connectivity index (χ1v) is 16.8. The van der Waals surface area contributed by atoms with Crippen molar-refractivity contribution in [3.8, 4) is 0 Å². The number of benzene rings is 3. The van der Waals surface area contributed by atoms with Crippen LogP contribution in [0.3, 0.4) is 0 Å². The molecule has 3 aromatic carbocycles. The zero-order valence-electron chi connectivity index (χ0n) is 29.2. The third kappa shape index (κ3) is 8.39. The Hall–Kier alpha value is -5.37. The molecule has 0 spiro atoms. The molecule has 2 atom stereocenters. The number of aliphatic imine (C=N–C) groups is 1. The summed E-state index contributed by atoms with van der Waals surface area (Å²) in [6.07, 6.45) is -0.797. The number of carbonyl (C=O) groups is 5. The zero-order chi connectivity index (χ0) is 38.0. The fourth-order valence-corrected chi connectivity index (χ4v) is 5.99. The Morgan fingerprint density at radius 3 is 2.27 bits per heavy atom. The topological polar surface area (TPSA) is 147 Å². The number of nitrogens with zero attached hydrogens (tertiary/aromatic N) is 3. The second-order valence-corrected chi connectivity index (χ2v) is 14.0. The fraction of sp³-hybridized carbons (Fsp3) is 0.351. The molecule has 5 rings (SSSR count). The Morgan fingerprint density at radius 2 is 1.67 bits per heavy atom. The van der Waals surface area contributed by atoms with Gasteiger partial charge in [-0.15, -0.1) is 0 Å². The van der Waals surface area contributed by atoms with Crippen molar-refractivity contribution in [2.24, 2.45) is 10.9 Å². The lowest BCUT2D eigenvalue weighted by molar-refractivity contribution is -0.134. The molecule has 274 valence electrons. The van der Waals surface area contributed by atoms with Crippen molar-refractivity contribution >= 4 is 47.3 Å². The van der Waals surface area contributed by atoms with Crippen LogP contribution in [0.2, 0.25) is 5.02 Å². The zero-order valence-corrected chi connectivity index (χ0v) is 29.9. The van der Waals surface area contributed by atoms with Gasteiger partial charge in [0.2, 0.25) is 5.96 Å². The number of guanidine groups is 1. The minimum absolute atomic E-state index is 0.00790. The number of Topliss-reactive ketones (excluding diaryl/α,β-unsaturated/α-hetero) is 1. The molecule has 0 saturated heterocycles. The highest BCUT2D eigenvalue weighted by atomic mass is 35.5. The second kappa shape index (κ2) is 15.1. The molecule has 2 aliphatic rings. The van der Waals surface area contributed by atoms with Gasteiger partial charge in [0.15, 0.2) is 11.3 Å². The minimum atomic E-state index is -1.87. The SMILES string of the molecule is CN(C)C(=O)OCC(c1ccc(Cl)c(C(=O)NCC(=O)c2ccccc2)c1)N1C(=O)[C@](c2cc(F)cc(F)c2)(C2CC2)N=C1NC(=O)OC(C)(C)C. The predicted octanol–water partition coefficient (Wildman–Crippen LogP) is 6.00. The average Bonchev–Trinajstić information content (AvgIpc) is 3.88. The monoisotopic (exact) mass is 737 g/mol. The van der Waals surface area contributed by atoms with E-state index < -0.39 is 65.3 Å². The average molecular weight is 738 g/mol. The number of hydrogen-bond donors (Lipinski definition) is 2. The van der Waals surface area contributed by atoms with E-state index in [1.165, 1.54) is 32.3 Å². The smallest absolute Gasteiger partial charge is 0.414 e. The van der Waals surface area contributed by atoms with E-state index in [0.29, 0.717) is 24.5 Å². The van der Waals surface area contributed by atoms with E-state index in [1.54, 1.807) is 51.1 Å². The van der Waals surface area contributed by atoms with E-state index in [9.17, 15) is 32.8 Å². The first kappa shape index (κ1) is 37.9. The fourth-order valence-electron chi connectivity index (χ4n) is 5.79. The van der Waals surface area contributed by atoms with Crippen molar-refractivity contribution in [1.82, 2.24) is 20.4 Å². The number of rotatable bonds is 10. The highest BCUT2D eigenvalue weighted by Crippen LogP contribution is 2.53. The molecule has 12 nitrogen and oxygen atoms in total. The lowest BCUT2D eigenvalue weighted by Crippen LogP contribution is -2.50. The Bertz CT molecular complexity index is 1910. The Balaban J connectivity index is 1.59. The van der Waals surface area contributed by atoms with Crippen LogP contribution in [0.25, 0.3) is 0 Å². The molecule has 0 aromatic heterocycles. The summed E-state index contributed by atoms with van der Waals surface area (Å²) in [5.41, 5.74) is -2.39. The van der Waals surface area contributed by atoms with Gasteiger partial charge in [-0.1, -0.05) is 48.0 Å². The summed E-state index contributed by atoms with van der Waals surface area (Å²) < 4.78 is 40.4. The highest BCUT2D eigenvalue weighted by Gasteiger charge is 2.60. The summed E-state index contributed by atoms with van der Waals surface area (Å²) in [4.78, 5) is 73.8. The molecule has 1 aliphatic heterocycles. The van der Waals surface area contributed by atoms with Crippen molar-refractivity contribution in [1.29, 1.82) is 0 Å². The summed E-state index contributed by atoms with van der Waals surface area (Å²) in [6.45, 7) is 4.03. The number of nitrogens with one attached hydrogen (secondary N) is 2. The molecule has 1 aliphatic carbocycles. The summed E-state index contributed by atoms with van der Waals surface area (Å²) in [5, 5.41) is 5.09. The molecule has 52 heavy (non-hydrogen) atoms. The van der Waals surface area contributed by atoms with Crippen LogP contribution in [0, 0.1) is 17.6 Å². The van der Waals surface area contributed by atoms with Gasteiger partial charge in [-0.2, -0.15) is 0 Å². The first-order valence-electron chi connectivity index (χ1n) is 16.4. The molecule has 0 radical (unpaired) electrons. The Morgan fingerprint density at radius 1 is 1.02 bits per heavy atom. The van der Waals surface area contributed by atoms with Gasteiger partial charge < -0.3 is 19.7 Å². The maximum Gasteiger partial charge on any atom is 0.414 e. The quantitative estimate of drug-likeness (QED) is 0.243. The van der Waals surface area contributed by atoms with Gasteiger partial charge >= 0.3 is 12.2 Å². The third-order valence-corrected chi connectivity index (χ3v) is 8.64. The van der Waals surface area contributed by atoms with Gasteiger partial charge in [-0.05, 0) is 74.9 Å². The number of carbonyl (C=O) groups excluding carboxylic acids is 5. The van der Waals surface area contributed by atoms with Crippen LogP contribution in [0.1, 0.15) is 71.5 Å². The lowest BCUT2D eigenvalue weighted by atomic mass is 9.84. The molecule has 0 bridgehead atoms. The molecule has 1 fully saturated rings. The Labute approximate surface area is 304 Å². The number of alkyl carbamates (subject to hydrolysis) is 1. The van der Waals surface area contributed by atoms with E-state index in [0.717, 1.165) is 21.9 Å². The molecular weight excluding hydrogens is 700 g/mol.